The van der Waals surface area contributed by atoms with Crippen LogP contribution in [0, 0.1) is 5.92 Å². The zero-order chi connectivity index (χ0) is 23.6. The van der Waals surface area contributed by atoms with Crippen molar-refractivity contribution in [2.75, 3.05) is 26.2 Å². The van der Waals surface area contributed by atoms with E-state index in [4.69, 9.17) is 0 Å². The molecule has 2 aliphatic heterocycles. The number of amides is 1. The topological polar surface area (TPSA) is 49.6 Å². The molecule has 1 saturated heterocycles. The minimum Gasteiger partial charge on any atom is -0.351 e. The first kappa shape index (κ1) is 22.4. The molecule has 0 spiro atoms. The fourth-order valence-electron chi connectivity index (χ4n) is 5.24. The van der Waals surface area contributed by atoms with Gasteiger partial charge in [-0.2, -0.15) is 0 Å². The molecule has 6 heteroatoms. The predicted octanol–water partition coefficient (Wildman–Crippen LogP) is 5.40. The molecule has 1 amide bonds. The van der Waals surface area contributed by atoms with Gasteiger partial charge in [-0.05, 0) is 85.8 Å². The number of aryl methyl sites for hydroxylation is 1. The number of benzene rings is 2. The lowest BCUT2D eigenvalue weighted by atomic mass is 9.96. The molecule has 2 aromatic heterocycles. The number of likely N-dealkylation sites (tertiary alicyclic amines) is 1. The monoisotopic (exact) mass is 482 g/mol. The Hall–Kier alpha value is -3.09. The molecule has 0 atom stereocenters. The maximum atomic E-state index is 12.9. The summed E-state index contributed by atoms with van der Waals surface area (Å²) in [6.45, 7) is 4.15. The molecule has 4 heterocycles. The summed E-state index contributed by atoms with van der Waals surface area (Å²) in [5.74, 6) is 0.580. The van der Waals surface area contributed by atoms with Gasteiger partial charge in [0.05, 0.1) is 21.8 Å². The average molecular weight is 483 g/mol. The second-order valence-electron chi connectivity index (χ2n) is 9.63. The van der Waals surface area contributed by atoms with Crippen LogP contribution in [0.1, 0.15) is 30.5 Å². The number of rotatable bonds is 7. The van der Waals surface area contributed by atoms with Crippen LogP contribution in [0.2, 0.25) is 0 Å². The number of hydrogen-bond acceptors (Lipinski definition) is 4. The number of aromatic nitrogens is 2. The van der Waals surface area contributed by atoms with Crippen molar-refractivity contribution in [3.63, 3.8) is 0 Å². The lowest BCUT2D eigenvalue weighted by molar-refractivity contribution is -0.117. The fraction of sp³-hybridized carbons (Fsp3) is 0.310. The number of nitrogens with one attached hydrogen (secondary N) is 1. The summed E-state index contributed by atoms with van der Waals surface area (Å²) < 4.78 is 2.09. The second-order valence-corrected chi connectivity index (χ2v) is 10.7. The number of thioether (sulfide) groups is 1. The van der Waals surface area contributed by atoms with E-state index >= 15 is 0 Å². The Bertz CT molecular complexity index is 1400. The van der Waals surface area contributed by atoms with E-state index in [1.165, 1.54) is 34.5 Å². The predicted molar refractivity (Wildman–Crippen MR) is 143 cm³/mol. The third-order valence-electron chi connectivity index (χ3n) is 7.25. The highest BCUT2D eigenvalue weighted by Crippen LogP contribution is 2.34. The molecule has 35 heavy (non-hydrogen) atoms. The van der Waals surface area contributed by atoms with E-state index in [9.17, 15) is 4.79 Å². The molecule has 6 rings (SSSR count). The van der Waals surface area contributed by atoms with Crippen molar-refractivity contribution in [1.29, 1.82) is 0 Å². The van der Waals surface area contributed by atoms with E-state index in [-0.39, 0.29) is 5.91 Å². The van der Waals surface area contributed by atoms with Gasteiger partial charge in [0.2, 0.25) is 0 Å². The van der Waals surface area contributed by atoms with Crippen LogP contribution in [0.25, 0.3) is 22.5 Å². The Morgan fingerprint density at radius 2 is 1.89 bits per heavy atom. The van der Waals surface area contributed by atoms with Crippen molar-refractivity contribution < 1.29 is 4.79 Å². The number of pyridine rings is 1. The largest absolute Gasteiger partial charge is 0.351 e. The number of carbonyl (C=O) groups is 1. The summed E-state index contributed by atoms with van der Waals surface area (Å²) in [7, 11) is 0. The fourth-order valence-corrected chi connectivity index (χ4v) is 6.24. The molecule has 2 aliphatic rings. The van der Waals surface area contributed by atoms with Crippen molar-refractivity contribution >= 4 is 40.2 Å². The van der Waals surface area contributed by atoms with E-state index in [1.807, 2.05) is 30.5 Å². The number of fused-ring (bicyclic) bond motifs is 1. The summed E-state index contributed by atoms with van der Waals surface area (Å²) in [5.41, 5.74) is 3.32. The smallest absolute Gasteiger partial charge is 0.258 e. The van der Waals surface area contributed by atoms with Crippen LogP contribution in [0.3, 0.4) is 0 Å². The van der Waals surface area contributed by atoms with Gasteiger partial charge in [-0.15, -0.1) is 0 Å². The van der Waals surface area contributed by atoms with E-state index in [0.717, 1.165) is 66.7 Å². The molecular formula is C29H30N4OS. The van der Waals surface area contributed by atoms with Crippen LogP contribution in [0.15, 0.2) is 76.8 Å². The molecule has 178 valence electrons. The number of hydrogen-bond donors (Lipinski definition) is 1. The first-order valence-corrected chi connectivity index (χ1v) is 13.4. The van der Waals surface area contributed by atoms with Gasteiger partial charge in [0.25, 0.3) is 5.91 Å². The molecule has 0 bridgehead atoms. The highest BCUT2D eigenvalue weighted by molar-refractivity contribution is 8.04. The third-order valence-corrected chi connectivity index (χ3v) is 8.30. The molecular weight excluding hydrogens is 452 g/mol. The van der Waals surface area contributed by atoms with Crippen molar-refractivity contribution in [2.24, 2.45) is 5.92 Å². The minimum atomic E-state index is 0.0252. The van der Waals surface area contributed by atoms with Gasteiger partial charge in [0, 0.05) is 6.54 Å². The van der Waals surface area contributed by atoms with E-state index in [2.05, 4.69) is 62.1 Å². The lowest BCUT2D eigenvalue weighted by Gasteiger charge is -2.32. The zero-order valence-corrected chi connectivity index (χ0v) is 20.6. The lowest BCUT2D eigenvalue weighted by Crippen LogP contribution is -2.39. The van der Waals surface area contributed by atoms with Crippen molar-refractivity contribution in [2.45, 2.75) is 30.7 Å². The standard InChI is InChI=1S/C29H30N4OS/c34-29(26-18-25-20-30-27-8-3-9-28(35-26)33(25)27)31-19-22-12-15-32(16-13-22)14-4-5-21-10-11-23-6-1-2-7-24(23)17-21/h1-3,6-11,17-18,20,22H,4-5,12-16,19H2,(H,31,34). The summed E-state index contributed by atoms with van der Waals surface area (Å²) in [5, 5.41) is 6.88. The number of imidazole rings is 1. The molecule has 1 N–H and O–H groups in total. The molecule has 0 unspecified atom stereocenters. The van der Waals surface area contributed by atoms with E-state index in [0.29, 0.717) is 5.92 Å². The third kappa shape index (κ3) is 4.86. The van der Waals surface area contributed by atoms with Gasteiger partial charge in [0.1, 0.15) is 5.65 Å². The van der Waals surface area contributed by atoms with Crippen LogP contribution < -0.4 is 5.32 Å². The Labute approximate surface area is 210 Å². The first-order valence-electron chi connectivity index (χ1n) is 12.6. The van der Waals surface area contributed by atoms with Crippen LogP contribution in [-0.2, 0) is 11.2 Å². The zero-order valence-electron chi connectivity index (χ0n) is 19.8. The highest BCUT2D eigenvalue weighted by atomic mass is 32.2. The van der Waals surface area contributed by atoms with Crippen LogP contribution in [0.5, 0.6) is 0 Å². The molecule has 0 radical (unpaired) electrons. The van der Waals surface area contributed by atoms with Crippen LogP contribution in [-0.4, -0.2) is 46.4 Å². The molecule has 4 aromatic rings. The highest BCUT2D eigenvalue weighted by Gasteiger charge is 2.23. The van der Waals surface area contributed by atoms with Gasteiger partial charge in [-0.3, -0.25) is 9.20 Å². The molecule has 2 aromatic carbocycles. The summed E-state index contributed by atoms with van der Waals surface area (Å²) in [6.07, 6.45) is 8.39. The van der Waals surface area contributed by atoms with Crippen molar-refractivity contribution in [3.8, 4) is 0 Å². The average Bonchev–Trinajstić information content (AvgIpc) is 3.32. The van der Waals surface area contributed by atoms with Crippen molar-refractivity contribution in [3.05, 3.63) is 83.0 Å². The second kappa shape index (κ2) is 9.88. The number of piperidine rings is 1. The van der Waals surface area contributed by atoms with Gasteiger partial charge in [0.15, 0.2) is 0 Å². The molecule has 5 nitrogen and oxygen atoms in total. The molecule has 0 saturated carbocycles. The Morgan fingerprint density at radius 3 is 2.77 bits per heavy atom. The van der Waals surface area contributed by atoms with Gasteiger partial charge in [-0.1, -0.05) is 60.3 Å². The Kier molecular flexibility index (Phi) is 6.32. The SMILES string of the molecule is O=C(NCC1CCN(CCCc2ccc3ccccc3c2)CC1)C1=Cc2cnc3cccc(n23)S1. The van der Waals surface area contributed by atoms with Gasteiger partial charge < -0.3 is 10.2 Å². The number of carbonyl (C=O) groups excluding carboxylic acids is 1. The Balaban J connectivity index is 0.944. The maximum Gasteiger partial charge on any atom is 0.258 e. The number of nitrogens with zero attached hydrogens (tertiary/aromatic N) is 3. The van der Waals surface area contributed by atoms with E-state index in [1.54, 1.807) is 0 Å². The van der Waals surface area contributed by atoms with Crippen LogP contribution in [0.4, 0.5) is 0 Å². The minimum absolute atomic E-state index is 0.0252. The first-order chi connectivity index (χ1) is 17.2. The van der Waals surface area contributed by atoms with Gasteiger partial charge in [-0.25, -0.2) is 4.98 Å². The Morgan fingerprint density at radius 1 is 1.03 bits per heavy atom. The van der Waals surface area contributed by atoms with E-state index < -0.39 is 0 Å². The van der Waals surface area contributed by atoms with Crippen molar-refractivity contribution in [1.82, 2.24) is 19.6 Å². The summed E-state index contributed by atoms with van der Waals surface area (Å²) in [6, 6.07) is 21.4. The van der Waals surface area contributed by atoms with Crippen LogP contribution >= 0.6 is 11.8 Å². The molecule has 0 aliphatic carbocycles. The normalized spacial score (nSPS) is 16.5. The molecule has 1 fully saturated rings. The maximum absolute atomic E-state index is 12.9. The summed E-state index contributed by atoms with van der Waals surface area (Å²) in [4.78, 5) is 20.6. The van der Waals surface area contributed by atoms with Gasteiger partial charge >= 0.3 is 0 Å². The summed E-state index contributed by atoms with van der Waals surface area (Å²) >= 11 is 1.52. The quantitative estimate of drug-likeness (QED) is 0.383.